The lowest BCUT2D eigenvalue weighted by Gasteiger charge is -2.10. The van der Waals surface area contributed by atoms with Crippen LogP contribution in [0.1, 0.15) is 0 Å². The zero-order valence-corrected chi connectivity index (χ0v) is 15.1. The number of aromatic nitrogens is 3. The molecule has 4 N–H and O–H groups in total. The van der Waals surface area contributed by atoms with Gasteiger partial charge in [-0.2, -0.15) is 0 Å². The van der Waals surface area contributed by atoms with Crippen molar-refractivity contribution in [2.75, 3.05) is 29.0 Å². The first kappa shape index (κ1) is 18.4. The van der Waals surface area contributed by atoms with E-state index in [1.807, 2.05) is 18.2 Å². The maximum Gasteiger partial charge on any atom is 0.319 e. The Balaban J connectivity index is 1.39. The highest BCUT2D eigenvalue weighted by Gasteiger charge is 2.04. The molecule has 0 unspecified atom stereocenters. The summed E-state index contributed by atoms with van der Waals surface area (Å²) in [5.74, 6) is 1.24. The zero-order valence-electron chi connectivity index (χ0n) is 14.3. The third-order valence-corrected chi connectivity index (χ3v) is 3.79. The Morgan fingerprint density at radius 2 is 1.67 bits per heavy atom. The number of urea groups is 1. The molecule has 0 aliphatic rings. The van der Waals surface area contributed by atoms with Crippen molar-refractivity contribution in [3.8, 4) is 0 Å². The van der Waals surface area contributed by atoms with Gasteiger partial charge in [-0.3, -0.25) is 4.98 Å². The normalized spacial score (nSPS) is 10.1. The minimum atomic E-state index is -0.326. The van der Waals surface area contributed by atoms with E-state index >= 15 is 0 Å². The summed E-state index contributed by atoms with van der Waals surface area (Å²) in [6.07, 6.45) is 3.39. The fourth-order valence-corrected chi connectivity index (χ4v) is 2.36. The lowest BCUT2D eigenvalue weighted by Crippen LogP contribution is -2.32. The van der Waals surface area contributed by atoms with Crippen LogP contribution in [0.3, 0.4) is 0 Å². The first-order valence-corrected chi connectivity index (χ1v) is 8.62. The van der Waals surface area contributed by atoms with Crippen LogP contribution in [0.15, 0.2) is 60.9 Å². The van der Waals surface area contributed by atoms with E-state index in [1.165, 1.54) is 0 Å². The average Bonchev–Trinajstić information content (AvgIpc) is 2.69. The average molecular weight is 384 g/mol. The SMILES string of the molecule is O=C(NCCNc1ccc(Nc2ccncc2)nn1)Nc1ccccc1Cl. The minimum absolute atomic E-state index is 0.326. The van der Waals surface area contributed by atoms with Crippen molar-refractivity contribution in [1.29, 1.82) is 0 Å². The number of carbonyl (C=O) groups excluding carboxylic acids is 1. The van der Waals surface area contributed by atoms with Crippen LogP contribution in [-0.2, 0) is 0 Å². The first-order valence-electron chi connectivity index (χ1n) is 8.25. The number of amides is 2. The van der Waals surface area contributed by atoms with E-state index in [2.05, 4.69) is 36.4 Å². The van der Waals surface area contributed by atoms with Crippen molar-refractivity contribution in [2.24, 2.45) is 0 Å². The van der Waals surface area contributed by atoms with Gasteiger partial charge in [0.2, 0.25) is 0 Å². The van der Waals surface area contributed by atoms with Gasteiger partial charge in [-0.25, -0.2) is 4.79 Å². The molecule has 0 atom stereocenters. The minimum Gasteiger partial charge on any atom is -0.367 e. The number of nitrogens with zero attached hydrogens (tertiary/aromatic N) is 3. The molecule has 0 saturated carbocycles. The highest BCUT2D eigenvalue weighted by Crippen LogP contribution is 2.20. The molecule has 3 rings (SSSR count). The third-order valence-electron chi connectivity index (χ3n) is 3.46. The van der Waals surface area contributed by atoms with Crippen LogP contribution in [0.2, 0.25) is 5.02 Å². The molecular formula is C18H18ClN7O. The first-order chi connectivity index (χ1) is 13.2. The van der Waals surface area contributed by atoms with Gasteiger partial charge in [0.1, 0.15) is 5.82 Å². The van der Waals surface area contributed by atoms with Crippen LogP contribution in [0.4, 0.5) is 27.8 Å². The summed E-state index contributed by atoms with van der Waals surface area (Å²) in [6.45, 7) is 0.913. The molecule has 27 heavy (non-hydrogen) atoms. The van der Waals surface area contributed by atoms with E-state index in [-0.39, 0.29) is 6.03 Å². The molecule has 2 heterocycles. The number of halogens is 1. The topological polar surface area (TPSA) is 104 Å². The Hall–Kier alpha value is -3.39. The number of para-hydroxylation sites is 1. The smallest absolute Gasteiger partial charge is 0.319 e. The van der Waals surface area contributed by atoms with Crippen LogP contribution in [0.5, 0.6) is 0 Å². The number of carbonyl (C=O) groups is 1. The largest absolute Gasteiger partial charge is 0.367 e. The Morgan fingerprint density at radius 3 is 2.41 bits per heavy atom. The quantitative estimate of drug-likeness (QED) is 0.465. The van der Waals surface area contributed by atoms with Crippen molar-refractivity contribution in [2.45, 2.75) is 0 Å². The van der Waals surface area contributed by atoms with Crippen LogP contribution in [-0.4, -0.2) is 34.3 Å². The molecular weight excluding hydrogens is 366 g/mol. The molecule has 2 amide bonds. The molecule has 0 spiro atoms. The van der Waals surface area contributed by atoms with Gasteiger partial charge < -0.3 is 21.3 Å². The third kappa shape index (κ3) is 5.82. The van der Waals surface area contributed by atoms with Crippen LogP contribution >= 0.6 is 11.6 Å². The maximum absolute atomic E-state index is 11.8. The van der Waals surface area contributed by atoms with Gasteiger partial charge in [-0.05, 0) is 36.4 Å². The second-order valence-corrected chi connectivity index (χ2v) is 5.86. The van der Waals surface area contributed by atoms with Crippen molar-refractivity contribution in [3.05, 3.63) is 65.9 Å². The number of hydrogen-bond donors (Lipinski definition) is 4. The van der Waals surface area contributed by atoms with E-state index < -0.39 is 0 Å². The Labute approximate surface area is 161 Å². The number of pyridine rings is 1. The molecule has 9 heteroatoms. The Morgan fingerprint density at radius 1 is 0.926 bits per heavy atom. The molecule has 138 valence electrons. The Bertz CT molecular complexity index is 874. The summed E-state index contributed by atoms with van der Waals surface area (Å²) in [5, 5.41) is 20.3. The van der Waals surface area contributed by atoms with Crippen molar-refractivity contribution in [3.63, 3.8) is 0 Å². The monoisotopic (exact) mass is 383 g/mol. The van der Waals surface area contributed by atoms with Gasteiger partial charge in [-0.1, -0.05) is 23.7 Å². The van der Waals surface area contributed by atoms with Gasteiger partial charge in [0.25, 0.3) is 0 Å². The number of benzene rings is 1. The Kier molecular flexibility index (Phi) is 6.37. The molecule has 0 aliphatic heterocycles. The fraction of sp³-hybridized carbons (Fsp3) is 0.111. The van der Waals surface area contributed by atoms with Crippen molar-refractivity contribution in [1.82, 2.24) is 20.5 Å². The van der Waals surface area contributed by atoms with Gasteiger partial charge >= 0.3 is 6.03 Å². The molecule has 0 fully saturated rings. The predicted octanol–water partition coefficient (Wildman–Crippen LogP) is 3.50. The van der Waals surface area contributed by atoms with E-state index in [9.17, 15) is 4.79 Å². The van der Waals surface area contributed by atoms with E-state index in [0.29, 0.717) is 35.4 Å². The molecule has 0 radical (unpaired) electrons. The molecule has 0 bridgehead atoms. The van der Waals surface area contributed by atoms with E-state index in [4.69, 9.17) is 11.6 Å². The number of nitrogens with one attached hydrogen (secondary N) is 4. The number of anilines is 4. The molecule has 8 nitrogen and oxygen atoms in total. The van der Waals surface area contributed by atoms with Crippen LogP contribution in [0.25, 0.3) is 0 Å². The summed E-state index contributed by atoms with van der Waals surface area (Å²) < 4.78 is 0. The van der Waals surface area contributed by atoms with Gasteiger partial charge in [0.15, 0.2) is 5.82 Å². The fourth-order valence-electron chi connectivity index (χ4n) is 2.17. The summed E-state index contributed by atoms with van der Waals surface area (Å²) in [5.41, 5.74) is 1.45. The van der Waals surface area contributed by atoms with Crippen LogP contribution < -0.4 is 21.3 Å². The number of rotatable bonds is 7. The maximum atomic E-state index is 11.8. The molecule has 3 aromatic rings. The summed E-state index contributed by atoms with van der Waals surface area (Å²) in [4.78, 5) is 15.8. The van der Waals surface area contributed by atoms with Crippen LogP contribution in [0, 0.1) is 0 Å². The predicted molar refractivity (Wildman–Crippen MR) is 107 cm³/mol. The second kappa shape index (κ2) is 9.35. The van der Waals surface area contributed by atoms with Gasteiger partial charge in [-0.15, -0.1) is 10.2 Å². The van der Waals surface area contributed by atoms with Crippen molar-refractivity contribution < 1.29 is 4.79 Å². The highest BCUT2D eigenvalue weighted by molar-refractivity contribution is 6.33. The zero-order chi connectivity index (χ0) is 18.9. The number of hydrogen-bond acceptors (Lipinski definition) is 6. The summed E-state index contributed by atoms with van der Waals surface area (Å²) in [6, 6.07) is 14.0. The van der Waals surface area contributed by atoms with E-state index in [1.54, 1.807) is 42.7 Å². The lowest BCUT2D eigenvalue weighted by atomic mass is 10.3. The highest BCUT2D eigenvalue weighted by atomic mass is 35.5. The lowest BCUT2D eigenvalue weighted by molar-refractivity contribution is 0.252. The summed E-state index contributed by atoms with van der Waals surface area (Å²) >= 11 is 6.00. The van der Waals surface area contributed by atoms with Crippen molar-refractivity contribution >= 4 is 40.6 Å². The standard InChI is InChI=1S/C18H18ClN7O/c19-14-3-1-2-4-15(14)24-18(27)22-12-11-21-16-5-6-17(26-25-16)23-13-7-9-20-10-8-13/h1-10H,11-12H2,(H,21,25)(H,20,23,26)(H2,22,24,27). The molecule has 0 aliphatic carbocycles. The van der Waals surface area contributed by atoms with Gasteiger partial charge in [0, 0.05) is 31.2 Å². The summed E-state index contributed by atoms with van der Waals surface area (Å²) in [7, 11) is 0. The molecule has 2 aromatic heterocycles. The molecule has 0 saturated heterocycles. The second-order valence-electron chi connectivity index (χ2n) is 5.45. The molecule has 1 aromatic carbocycles. The van der Waals surface area contributed by atoms with E-state index in [0.717, 1.165) is 5.69 Å². The van der Waals surface area contributed by atoms with Gasteiger partial charge in [0.05, 0.1) is 10.7 Å².